The van der Waals surface area contributed by atoms with Crippen LogP contribution in [0.1, 0.15) is 71.2 Å². The van der Waals surface area contributed by atoms with E-state index in [-0.39, 0.29) is 22.5 Å². The molecule has 0 saturated heterocycles. The van der Waals surface area contributed by atoms with Gasteiger partial charge in [-0.15, -0.1) is 0 Å². The quantitative estimate of drug-likeness (QED) is 0.396. The van der Waals surface area contributed by atoms with Gasteiger partial charge in [0.2, 0.25) is 5.82 Å². The fraction of sp³-hybridized carbons (Fsp3) is 0.556. The molecule has 0 aliphatic heterocycles. The molecule has 0 unspecified atom stereocenters. The summed E-state index contributed by atoms with van der Waals surface area (Å²) in [4.78, 5) is 16.7. The Bertz CT molecular complexity index is 1430. The number of hydrogen-bond donors (Lipinski definition) is 0. The Morgan fingerprint density at radius 2 is 1.97 bits per heavy atom. The van der Waals surface area contributed by atoms with E-state index in [1.165, 1.54) is 17.3 Å². The van der Waals surface area contributed by atoms with Crippen LogP contribution in [0.25, 0.3) is 23.0 Å². The fourth-order valence-electron chi connectivity index (χ4n) is 4.67. The Morgan fingerprint density at radius 1 is 1.24 bits per heavy atom. The van der Waals surface area contributed by atoms with Crippen LogP contribution in [0.3, 0.4) is 0 Å². The standard InChI is InChI=1S/C27H36N4O5S/c1-8-31-21-16-27(6,7)13-11-20(21)23(29-31)25-28-24(30-36-25)19-10-9-18(15-17(19)2)37(33,34)14-12-22(32)35-26(3,4)5/h9-10,15H,8,11-14,16H2,1-7H3. The molecule has 0 fully saturated rings. The lowest BCUT2D eigenvalue weighted by Crippen LogP contribution is -2.25. The van der Waals surface area contributed by atoms with Crippen molar-refractivity contribution in [3.63, 3.8) is 0 Å². The van der Waals surface area contributed by atoms with E-state index in [9.17, 15) is 13.2 Å². The third-order valence-electron chi connectivity index (χ3n) is 6.59. The maximum Gasteiger partial charge on any atom is 0.307 e. The summed E-state index contributed by atoms with van der Waals surface area (Å²) in [7, 11) is -3.67. The molecule has 37 heavy (non-hydrogen) atoms. The van der Waals surface area contributed by atoms with Gasteiger partial charge >= 0.3 is 5.97 Å². The van der Waals surface area contributed by atoms with Gasteiger partial charge in [0.15, 0.2) is 15.5 Å². The maximum absolute atomic E-state index is 12.8. The molecule has 1 aliphatic carbocycles. The molecule has 10 heteroatoms. The van der Waals surface area contributed by atoms with Gasteiger partial charge in [-0.3, -0.25) is 9.48 Å². The van der Waals surface area contributed by atoms with Crippen LogP contribution in [0.4, 0.5) is 0 Å². The Balaban J connectivity index is 1.56. The molecular weight excluding hydrogens is 492 g/mol. The second-order valence-electron chi connectivity index (χ2n) is 11.5. The van der Waals surface area contributed by atoms with Crippen molar-refractivity contribution in [2.24, 2.45) is 5.41 Å². The molecule has 4 rings (SSSR count). The Morgan fingerprint density at radius 3 is 2.62 bits per heavy atom. The molecule has 2 heterocycles. The molecule has 1 aromatic carbocycles. The van der Waals surface area contributed by atoms with Gasteiger partial charge in [0.05, 0.1) is 17.1 Å². The van der Waals surface area contributed by atoms with Crippen molar-refractivity contribution in [2.75, 3.05) is 5.75 Å². The molecule has 0 saturated carbocycles. The summed E-state index contributed by atoms with van der Waals surface area (Å²) in [6, 6.07) is 4.76. The zero-order chi connectivity index (χ0) is 27.2. The number of rotatable bonds is 7. The number of ether oxygens (including phenoxy) is 1. The van der Waals surface area contributed by atoms with Crippen molar-refractivity contribution < 1.29 is 22.5 Å². The van der Waals surface area contributed by atoms with Gasteiger partial charge in [-0.05, 0) is 83.1 Å². The second-order valence-corrected chi connectivity index (χ2v) is 13.6. The van der Waals surface area contributed by atoms with E-state index in [2.05, 4.69) is 30.9 Å². The third-order valence-corrected chi connectivity index (χ3v) is 8.30. The molecule has 0 atom stereocenters. The molecule has 0 bridgehead atoms. The van der Waals surface area contributed by atoms with Gasteiger partial charge in [0.25, 0.3) is 5.89 Å². The predicted octanol–water partition coefficient (Wildman–Crippen LogP) is 4.95. The number of carbonyl (C=O) groups is 1. The monoisotopic (exact) mass is 528 g/mol. The van der Waals surface area contributed by atoms with Crippen molar-refractivity contribution in [3.8, 4) is 23.0 Å². The van der Waals surface area contributed by atoms with E-state index in [1.54, 1.807) is 39.8 Å². The third kappa shape index (κ3) is 5.95. The van der Waals surface area contributed by atoms with E-state index < -0.39 is 21.4 Å². The Hall–Kier alpha value is -3.01. The molecule has 0 N–H and O–H groups in total. The van der Waals surface area contributed by atoms with E-state index in [0.717, 1.165) is 31.5 Å². The first-order valence-corrected chi connectivity index (χ1v) is 14.3. The molecular formula is C27H36N4O5S. The molecule has 9 nitrogen and oxygen atoms in total. The van der Waals surface area contributed by atoms with Crippen LogP contribution in [-0.2, 0) is 38.8 Å². The lowest BCUT2D eigenvalue weighted by Gasteiger charge is -2.30. The van der Waals surface area contributed by atoms with Crippen LogP contribution in [0.2, 0.25) is 0 Å². The summed E-state index contributed by atoms with van der Waals surface area (Å²) in [5.74, 6) is -0.123. The van der Waals surface area contributed by atoms with E-state index in [1.807, 2.05) is 4.68 Å². The Kier molecular flexibility index (Phi) is 7.09. The van der Waals surface area contributed by atoms with Crippen LogP contribution in [-0.4, -0.2) is 45.7 Å². The lowest BCUT2D eigenvalue weighted by molar-refractivity contribution is -0.154. The molecule has 3 aromatic rings. The number of hydrogen-bond acceptors (Lipinski definition) is 8. The zero-order valence-electron chi connectivity index (χ0n) is 22.7. The van der Waals surface area contributed by atoms with Gasteiger partial charge in [0.1, 0.15) is 5.60 Å². The Labute approximate surface area is 218 Å². The maximum atomic E-state index is 12.8. The largest absolute Gasteiger partial charge is 0.460 e. The highest BCUT2D eigenvalue weighted by molar-refractivity contribution is 7.91. The fourth-order valence-corrected chi connectivity index (χ4v) is 5.97. The second kappa shape index (κ2) is 9.70. The summed E-state index contributed by atoms with van der Waals surface area (Å²) in [5.41, 5.74) is 4.05. The van der Waals surface area contributed by atoms with Crippen molar-refractivity contribution >= 4 is 15.8 Å². The van der Waals surface area contributed by atoms with E-state index >= 15 is 0 Å². The SMILES string of the molecule is CCn1nc(-c2nc(-c3ccc(S(=O)(=O)CCC(=O)OC(C)(C)C)cc3C)no2)c2c1CC(C)(C)CC2. The topological polar surface area (TPSA) is 117 Å². The molecule has 2 aromatic heterocycles. The number of benzene rings is 1. The number of aryl methyl sites for hydroxylation is 2. The van der Waals surface area contributed by atoms with E-state index in [0.29, 0.717) is 22.8 Å². The van der Waals surface area contributed by atoms with Crippen LogP contribution >= 0.6 is 0 Å². The molecule has 0 spiro atoms. The van der Waals surface area contributed by atoms with Crippen molar-refractivity contribution in [3.05, 3.63) is 35.0 Å². The summed E-state index contributed by atoms with van der Waals surface area (Å²) < 4.78 is 38.6. The van der Waals surface area contributed by atoms with Gasteiger partial charge in [-0.1, -0.05) is 19.0 Å². The van der Waals surface area contributed by atoms with Gasteiger partial charge in [-0.2, -0.15) is 10.1 Å². The number of aromatic nitrogens is 4. The molecule has 200 valence electrons. The van der Waals surface area contributed by atoms with Gasteiger partial charge < -0.3 is 9.26 Å². The van der Waals surface area contributed by atoms with Crippen LogP contribution in [0, 0.1) is 12.3 Å². The number of sulfone groups is 1. The first kappa shape index (κ1) is 27.0. The highest BCUT2D eigenvalue weighted by Crippen LogP contribution is 2.39. The zero-order valence-corrected chi connectivity index (χ0v) is 23.5. The van der Waals surface area contributed by atoms with Crippen molar-refractivity contribution in [1.82, 2.24) is 19.9 Å². The number of fused-ring (bicyclic) bond motifs is 1. The highest BCUT2D eigenvalue weighted by Gasteiger charge is 2.32. The smallest absolute Gasteiger partial charge is 0.307 e. The van der Waals surface area contributed by atoms with Crippen LogP contribution in [0.5, 0.6) is 0 Å². The van der Waals surface area contributed by atoms with Gasteiger partial charge in [0, 0.05) is 23.4 Å². The average molecular weight is 529 g/mol. The summed E-state index contributed by atoms with van der Waals surface area (Å²) in [6.45, 7) is 14.4. The minimum Gasteiger partial charge on any atom is -0.460 e. The number of carbonyl (C=O) groups excluding carboxylic acids is 1. The molecule has 0 amide bonds. The summed E-state index contributed by atoms with van der Waals surface area (Å²) >= 11 is 0. The lowest BCUT2D eigenvalue weighted by atomic mass is 9.76. The average Bonchev–Trinajstić information content (AvgIpc) is 3.40. The van der Waals surface area contributed by atoms with Crippen LogP contribution in [0.15, 0.2) is 27.6 Å². The highest BCUT2D eigenvalue weighted by atomic mass is 32.2. The van der Waals surface area contributed by atoms with E-state index in [4.69, 9.17) is 14.4 Å². The minimum absolute atomic E-state index is 0.138. The number of nitrogens with zero attached hydrogens (tertiary/aromatic N) is 4. The molecule has 0 radical (unpaired) electrons. The normalized spacial score (nSPS) is 15.4. The minimum atomic E-state index is -3.67. The molecule has 1 aliphatic rings. The first-order valence-electron chi connectivity index (χ1n) is 12.7. The predicted molar refractivity (Wildman–Crippen MR) is 140 cm³/mol. The van der Waals surface area contributed by atoms with Gasteiger partial charge in [-0.25, -0.2) is 8.42 Å². The number of esters is 1. The summed E-state index contributed by atoms with van der Waals surface area (Å²) in [6.07, 6.45) is 2.71. The first-order chi connectivity index (χ1) is 17.2. The van der Waals surface area contributed by atoms with Crippen LogP contribution < -0.4 is 0 Å². The van der Waals surface area contributed by atoms with Crippen molar-refractivity contribution in [2.45, 2.75) is 91.2 Å². The summed E-state index contributed by atoms with van der Waals surface area (Å²) in [5, 5.41) is 8.96. The van der Waals surface area contributed by atoms with Crippen molar-refractivity contribution in [1.29, 1.82) is 0 Å².